The van der Waals surface area contributed by atoms with Crippen LogP contribution in [0, 0.1) is 13.8 Å². The highest BCUT2D eigenvalue weighted by atomic mass is 35.5. The molecule has 1 fully saturated rings. The molecule has 146 valence electrons. The van der Waals surface area contributed by atoms with Crippen LogP contribution in [0.4, 0.5) is 10.5 Å². The normalized spacial score (nSPS) is 13.9. The summed E-state index contributed by atoms with van der Waals surface area (Å²) < 4.78 is 0. The summed E-state index contributed by atoms with van der Waals surface area (Å²) in [6.45, 7) is 8.16. The highest BCUT2D eigenvalue weighted by molar-refractivity contribution is 6.30. The van der Waals surface area contributed by atoms with Gasteiger partial charge in [-0.15, -0.1) is 12.4 Å². The average molecular weight is 408 g/mol. The van der Waals surface area contributed by atoms with E-state index >= 15 is 0 Å². The summed E-state index contributed by atoms with van der Waals surface area (Å²) in [5.74, 6) is 0. The third kappa shape index (κ3) is 5.53. The summed E-state index contributed by atoms with van der Waals surface area (Å²) in [5, 5.41) is 3.75. The lowest BCUT2D eigenvalue weighted by Crippen LogP contribution is -2.52. The van der Waals surface area contributed by atoms with Crippen LogP contribution in [0.1, 0.15) is 16.7 Å². The third-order valence-corrected chi connectivity index (χ3v) is 5.30. The van der Waals surface area contributed by atoms with Gasteiger partial charge in [0.15, 0.2) is 0 Å². The van der Waals surface area contributed by atoms with E-state index in [0.29, 0.717) is 6.54 Å². The number of carbonyl (C=O) groups excluding carboxylic acids is 1. The Morgan fingerprint density at radius 1 is 1.07 bits per heavy atom. The first-order chi connectivity index (χ1) is 12.5. The van der Waals surface area contributed by atoms with Gasteiger partial charge in [-0.2, -0.15) is 0 Å². The Morgan fingerprint density at radius 2 is 1.78 bits per heavy atom. The van der Waals surface area contributed by atoms with Crippen molar-refractivity contribution in [3.05, 3.63) is 64.2 Å². The van der Waals surface area contributed by atoms with Crippen LogP contribution in [0.3, 0.4) is 0 Å². The van der Waals surface area contributed by atoms with Gasteiger partial charge in [0.1, 0.15) is 0 Å². The molecule has 2 aromatic carbocycles. The molecular formula is C21H27Cl2N3O. The van der Waals surface area contributed by atoms with Gasteiger partial charge in [0.05, 0.1) is 0 Å². The predicted molar refractivity (Wildman–Crippen MR) is 116 cm³/mol. The van der Waals surface area contributed by atoms with E-state index in [1.807, 2.05) is 29.2 Å². The molecule has 0 aromatic heterocycles. The van der Waals surface area contributed by atoms with Crippen LogP contribution in [0.2, 0.25) is 5.02 Å². The zero-order valence-corrected chi connectivity index (χ0v) is 17.4. The summed E-state index contributed by atoms with van der Waals surface area (Å²) in [4.78, 5) is 16.7. The minimum Gasteiger partial charge on any atom is -0.368 e. The van der Waals surface area contributed by atoms with E-state index in [4.69, 9.17) is 11.6 Å². The van der Waals surface area contributed by atoms with Gasteiger partial charge in [-0.1, -0.05) is 35.9 Å². The van der Waals surface area contributed by atoms with Crippen molar-refractivity contribution in [2.45, 2.75) is 20.3 Å². The summed E-state index contributed by atoms with van der Waals surface area (Å²) in [5.41, 5.74) is 5.05. The molecule has 27 heavy (non-hydrogen) atoms. The van der Waals surface area contributed by atoms with Crippen molar-refractivity contribution in [1.82, 2.24) is 10.2 Å². The number of piperazine rings is 1. The molecule has 1 N–H and O–H groups in total. The second kappa shape index (κ2) is 9.86. The van der Waals surface area contributed by atoms with Crippen molar-refractivity contribution < 1.29 is 4.79 Å². The molecule has 1 saturated heterocycles. The maximum atomic E-state index is 12.4. The average Bonchev–Trinajstić information content (AvgIpc) is 2.64. The smallest absolute Gasteiger partial charge is 0.317 e. The number of hydrogen-bond acceptors (Lipinski definition) is 2. The number of halogens is 2. The molecule has 4 nitrogen and oxygen atoms in total. The molecule has 0 unspecified atom stereocenters. The van der Waals surface area contributed by atoms with Gasteiger partial charge >= 0.3 is 6.03 Å². The van der Waals surface area contributed by atoms with Gasteiger partial charge < -0.3 is 15.1 Å². The van der Waals surface area contributed by atoms with Crippen LogP contribution in [-0.4, -0.2) is 43.7 Å². The van der Waals surface area contributed by atoms with Crippen molar-refractivity contribution in [3.63, 3.8) is 0 Å². The Hall–Kier alpha value is -1.91. The largest absolute Gasteiger partial charge is 0.368 e. The molecule has 1 heterocycles. The number of amides is 2. The minimum atomic E-state index is 0. The number of anilines is 1. The molecule has 2 aromatic rings. The fourth-order valence-electron chi connectivity index (χ4n) is 3.35. The zero-order valence-electron chi connectivity index (χ0n) is 15.9. The molecule has 0 spiro atoms. The van der Waals surface area contributed by atoms with Gasteiger partial charge in [-0.25, -0.2) is 4.79 Å². The summed E-state index contributed by atoms with van der Waals surface area (Å²) in [6, 6.07) is 14.2. The Kier molecular flexibility index (Phi) is 7.81. The van der Waals surface area contributed by atoms with E-state index in [1.165, 1.54) is 16.8 Å². The number of rotatable bonds is 4. The number of carbonyl (C=O) groups is 1. The van der Waals surface area contributed by atoms with Crippen molar-refractivity contribution in [2.75, 3.05) is 37.6 Å². The maximum absolute atomic E-state index is 12.4. The quantitative estimate of drug-likeness (QED) is 0.811. The summed E-state index contributed by atoms with van der Waals surface area (Å²) in [7, 11) is 0. The molecule has 0 aliphatic carbocycles. The fraction of sp³-hybridized carbons (Fsp3) is 0.381. The second-order valence-electron chi connectivity index (χ2n) is 6.80. The Bertz CT molecular complexity index is 774. The van der Waals surface area contributed by atoms with Crippen molar-refractivity contribution in [2.24, 2.45) is 0 Å². The van der Waals surface area contributed by atoms with E-state index in [9.17, 15) is 4.79 Å². The second-order valence-corrected chi connectivity index (χ2v) is 7.24. The first kappa shape index (κ1) is 21.4. The van der Waals surface area contributed by atoms with E-state index in [1.54, 1.807) is 0 Å². The van der Waals surface area contributed by atoms with Crippen LogP contribution in [0.15, 0.2) is 42.5 Å². The zero-order chi connectivity index (χ0) is 18.5. The summed E-state index contributed by atoms with van der Waals surface area (Å²) >= 11 is 5.99. The highest BCUT2D eigenvalue weighted by Gasteiger charge is 2.22. The molecule has 6 heteroatoms. The van der Waals surface area contributed by atoms with Crippen molar-refractivity contribution in [1.29, 1.82) is 0 Å². The number of benzene rings is 2. The van der Waals surface area contributed by atoms with E-state index in [0.717, 1.165) is 43.2 Å². The van der Waals surface area contributed by atoms with Crippen LogP contribution >= 0.6 is 24.0 Å². The standard InChI is InChI=1S/C21H26ClN3O.ClH/c1-16-5-3-8-20(17(16)2)24-11-13-25(14-12-24)21(26)23-10-9-18-6-4-7-19(22)15-18;/h3-8,15H,9-14H2,1-2H3,(H,23,26);1H. The van der Waals surface area contributed by atoms with Gasteiger partial charge in [0.2, 0.25) is 0 Å². The van der Waals surface area contributed by atoms with Crippen molar-refractivity contribution >= 4 is 35.7 Å². The maximum Gasteiger partial charge on any atom is 0.317 e. The Labute approximate surface area is 172 Å². The number of nitrogens with one attached hydrogen (secondary N) is 1. The first-order valence-corrected chi connectivity index (χ1v) is 9.51. The van der Waals surface area contributed by atoms with Crippen LogP contribution in [0.25, 0.3) is 0 Å². The monoisotopic (exact) mass is 407 g/mol. The number of hydrogen-bond donors (Lipinski definition) is 1. The van der Waals surface area contributed by atoms with E-state index < -0.39 is 0 Å². The molecule has 1 aliphatic rings. The summed E-state index contributed by atoms with van der Waals surface area (Å²) in [6.07, 6.45) is 0.786. The Morgan fingerprint density at radius 3 is 2.48 bits per heavy atom. The number of nitrogens with zero attached hydrogens (tertiary/aromatic N) is 2. The Balaban J connectivity index is 0.00000261. The molecule has 0 bridgehead atoms. The van der Waals surface area contributed by atoms with E-state index in [2.05, 4.69) is 42.3 Å². The number of urea groups is 1. The number of aryl methyl sites for hydroxylation is 1. The fourth-order valence-corrected chi connectivity index (χ4v) is 3.56. The molecular weight excluding hydrogens is 381 g/mol. The topological polar surface area (TPSA) is 35.6 Å². The van der Waals surface area contributed by atoms with Gasteiger partial charge in [-0.3, -0.25) is 0 Å². The lowest BCUT2D eigenvalue weighted by Gasteiger charge is -2.37. The van der Waals surface area contributed by atoms with E-state index in [-0.39, 0.29) is 18.4 Å². The lowest BCUT2D eigenvalue weighted by molar-refractivity contribution is 0.194. The molecule has 0 radical (unpaired) electrons. The predicted octanol–water partition coefficient (Wildman–Crippen LogP) is 4.45. The van der Waals surface area contributed by atoms with Gasteiger partial charge in [0, 0.05) is 43.4 Å². The van der Waals surface area contributed by atoms with Gasteiger partial charge in [-0.05, 0) is 55.2 Å². The van der Waals surface area contributed by atoms with Crippen LogP contribution in [-0.2, 0) is 6.42 Å². The molecule has 0 saturated carbocycles. The third-order valence-electron chi connectivity index (χ3n) is 5.06. The molecule has 2 amide bonds. The molecule has 0 atom stereocenters. The SMILES string of the molecule is Cc1cccc(N2CCN(C(=O)NCCc3cccc(Cl)c3)CC2)c1C.Cl. The van der Waals surface area contributed by atoms with Crippen molar-refractivity contribution in [3.8, 4) is 0 Å². The molecule has 3 rings (SSSR count). The van der Waals surface area contributed by atoms with Crippen LogP contribution in [0.5, 0.6) is 0 Å². The molecule has 1 aliphatic heterocycles. The first-order valence-electron chi connectivity index (χ1n) is 9.13. The minimum absolute atomic E-state index is 0. The highest BCUT2D eigenvalue weighted by Crippen LogP contribution is 2.23. The lowest BCUT2D eigenvalue weighted by atomic mass is 10.1. The van der Waals surface area contributed by atoms with Gasteiger partial charge in [0.25, 0.3) is 0 Å². The van der Waals surface area contributed by atoms with Crippen LogP contribution < -0.4 is 10.2 Å².